The highest BCUT2D eigenvalue weighted by atomic mass is 16.5. The average molecular weight is 576 g/mol. The maximum absolute atomic E-state index is 9.55. The smallest absolute Gasteiger partial charge is 0.328 e. The lowest BCUT2D eigenvalue weighted by Crippen LogP contribution is -2.53. The largest absolute Gasteiger partial charge is 0.478 e. The first kappa shape index (κ1) is 32.9. The SMILES string of the molecule is CN1CCC(N2CCN(CCOc3cc4ccccn4n3)CC2)CC1.O=C(O)/C=C\C(=O)O.O=C(O)/C=C\C(=O)O. The molecule has 0 spiro atoms. The number of carboxylic acids is 4. The molecule has 0 bridgehead atoms. The number of aromatic nitrogens is 2. The summed E-state index contributed by atoms with van der Waals surface area (Å²) < 4.78 is 7.71. The molecule has 224 valence electrons. The Bertz CT molecular complexity index is 1100. The van der Waals surface area contributed by atoms with Crippen LogP contribution in [0.1, 0.15) is 12.8 Å². The highest BCUT2D eigenvalue weighted by molar-refractivity contribution is 5.90. The number of hydrogen-bond donors (Lipinski definition) is 4. The number of pyridine rings is 1. The summed E-state index contributed by atoms with van der Waals surface area (Å²) >= 11 is 0. The van der Waals surface area contributed by atoms with E-state index < -0.39 is 23.9 Å². The quantitative estimate of drug-likeness (QED) is 0.309. The molecule has 2 aliphatic rings. The number of rotatable bonds is 9. The lowest BCUT2D eigenvalue weighted by molar-refractivity contribution is -0.134. The van der Waals surface area contributed by atoms with E-state index in [1.807, 2.05) is 35.0 Å². The van der Waals surface area contributed by atoms with Gasteiger partial charge in [0.05, 0.1) is 5.52 Å². The molecule has 4 N–H and O–H groups in total. The molecule has 2 aliphatic heterocycles. The Morgan fingerprint density at radius 2 is 1.39 bits per heavy atom. The maximum atomic E-state index is 9.55. The normalized spacial score (nSPS) is 17.0. The molecule has 2 aromatic heterocycles. The number of piperazine rings is 1. The Morgan fingerprint density at radius 3 is 1.88 bits per heavy atom. The van der Waals surface area contributed by atoms with Crippen molar-refractivity contribution in [2.45, 2.75) is 18.9 Å². The molecular formula is C27H37N5O9. The molecule has 2 fully saturated rings. The fourth-order valence-electron chi connectivity index (χ4n) is 4.26. The van der Waals surface area contributed by atoms with Crippen LogP contribution >= 0.6 is 0 Å². The first-order valence-electron chi connectivity index (χ1n) is 13.0. The van der Waals surface area contributed by atoms with Crippen LogP contribution in [-0.4, -0.2) is 134 Å². The number of fused-ring (bicyclic) bond motifs is 1. The third-order valence-corrected chi connectivity index (χ3v) is 6.35. The van der Waals surface area contributed by atoms with Crippen molar-refractivity contribution in [3.8, 4) is 5.88 Å². The monoisotopic (exact) mass is 575 g/mol. The Labute approximate surface area is 237 Å². The van der Waals surface area contributed by atoms with Gasteiger partial charge in [-0.05, 0) is 45.1 Å². The van der Waals surface area contributed by atoms with Gasteiger partial charge in [0.1, 0.15) is 6.61 Å². The van der Waals surface area contributed by atoms with Crippen molar-refractivity contribution in [3.63, 3.8) is 0 Å². The lowest BCUT2D eigenvalue weighted by atomic mass is 10.0. The molecule has 2 saturated heterocycles. The summed E-state index contributed by atoms with van der Waals surface area (Å²) in [6.45, 7) is 8.88. The second-order valence-corrected chi connectivity index (χ2v) is 9.33. The standard InChI is InChI=1S/C19H29N5O.2C4H4O4/c1-21-8-5-17(6-9-21)23-12-10-22(11-13-23)14-15-25-19-16-18-4-2-3-7-24(18)20-19;2*5-3(6)1-2-4(7)8/h2-4,7,16-17H,5-6,8-15H2,1H3;2*1-2H,(H,5,6)(H,7,8)/b;2*2-1-. The van der Waals surface area contributed by atoms with Gasteiger partial charge >= 0.3 is 23.9 Å². The molecule has 4 rings (SSSR count). The van der Waals surface area contributed by atoms with Crippen LogP contribution in [0.5, 0.6) is 5.88 Å². The molecule has 0 unspecified atom stereocenters. The van der Waals surface area contributed by atoms with E-state index in [4.69, 9.17) is 25.2 Å². The first-order chi connectivity index (χ1) is 19.5. The van der Waals surface area contributed by atoms with Gasteiger partial charge in [-0.3, -0.25) is 9.80 Å². The zero-order valence-electron chi connectivity index (χ0n) is 22.9. The predicted molar refractivity (Wildman–Crippen MR) is 148 cm³/mol. The Kier molecular flexibility index (Phi) is 14.0. The molecule has 14 nitrogen and oxygen atoms in total. The zero-order valence-corrected chi connectivity index (χ0v) is 22.9. The lowest BCUT2D eigenvalue weighted by Gasteiger charge is -2.42. The van der Waals surface area contributed by atoms with Gasteiger partial charge in [-0.1, -0.05) is 6.07 Å². The van der Waals surface area contributed by atoms with Crippen molar-refractivity contribution >= 4 is 29.4 Å². The minimum absolute atomic E-state index is 0.558. The van der Waals surface area contributed by atoms with Crippen molar-refractivity contribution in [1.82, 2.24) is 24.3 Å². The van der Waals surface area contributed by atoms with Crippen LogP contribution in [0.25, 0.3) is 5.52 Å². The summed E-state index contributed by atoms with van der Waals surface area (Å²) in [4.78, 5) is 45.9. The second-order valence-electron chi connectivity index (χ2n) is 9.33. The third-order valence-electron chi connectivity index (χ3n) is 6.35. The van der Waals surface area contributed by atoms with Gasteiger partial charge in [0.25, 0.3) is 0 Å². The van der Waals surface area contributed by atoms with Gasteiger partial charge in [-0.25, -0.2) is 23.7 Å². The van der Waals surface area contributed by atoms with E-state index in [2.05, 4.69) is 26.8 Å². The van der Waals surface area contributed by atoms with E-state index >= 15 is 0 Å². The fraction of sp³-hybridized carbons (Fsp3) is 0.444. The minimum atomic E-state index is -1.26. The van der Waals surface area contributed by atoms with Gasteiger partial charge in [-0.2, -0.15) is 0 Å². The van der Waals surface area contributed by atoms with E-state index in [9.17, 15) is 19.2 Å². The van der Waals surface area contributed by atoms with Crippen molar-refractivity contribution in [3.05, 3.63) is 54.8 Å². The Balaban J connectivity index is 0.000000304. The minimum Gasteiger partial charge on any atom is -0.478 e. The molecular weight excluding hydrogens is 538 g/mol. The number of likely N-dealkylation sites (tertiary alicyclic amines) is 1. The molecule has 2 aromatic rings. The number of piperidine rings is 1. The van der Waals surface area contributed by atoms with Crippen molar-refractivity contribution < 1.29 is 44.3 Å². The van der Waals surface area contributed by atoms with Gasteiger partial charge in [-0.15, -0.1) is 5.10 Å². The summed E-state index contributed by atoms with van der Waals surface area (Å²) in [6.07, 6.45) is 6.83. The van der Waals surface area contributed by atoms with Crippen molar-refractivity contribution in [1.29, 1.82) is 0 Å². The summed E-state index contributed by atoms with van der Waals surface area (Å²) in [5.41, 5.74) is 1.07. The predicted octanol–water partition coefficient (Wildman–Crippen LogP) is 0.849. The number of carbonyl (C=O) groups is 4. The zero-order chi connectivity index (χ0) is 30.2. The number of nitrogens with zero attached hydrogens (tertiary/aromatic N) is 5. The Hall–Kier alpha value is -4.27. The summed E-state index contributed by atoms with van der Waals surface area (Å²) in [5.74, 6) is -4.31. The van der Waals surface area contributed by atoms with Crippen LogP contribution in [0.15, 0.2) is 54.8 Å². The summed E-state index contributed by atoms with van der Waals surface area (Å²) in [5, 5.41) is 35.7. The highest BCUT2D eigenvalue weighted by Gasteiger charge is 2.26. The van der Waals surface area contributed by atoms with Crippen LogP contribution in [0.2, 0.25) is 0 Å². The van der Waals surface area contributed by atoms with Gasteiger partial charge in [0.2, 0.25) is 5.88 Å². The fourth-order valence-corrected chi connectivity index (χ4v) is 4.26. The maximum Gasteiger partial charge on any atom is 0.328 e. The molecule has 0 aromatic carbocycles. The van der Waals surface area contributed by atoms with E-state index in [-0.39, 0.29) is 0 Å². The number of aliphatic carboxylic acids is 4. The van der Waals surface area contributed by atoms with Gasteiger partial charge in [0.15, 0.2) is 0 Å². The van der Waals surface area contributed by atoms with Crippen LogP contribution in [0, 0.1) is 0 Å². The van der Waals surface area contributed by atoms with E-state index in [1.165, 1.54) is 39.0 Å². The molecule has 14 heteroatoms. The molecule has 0 aliphatic carbocycles. The van der Waals surface area contributed by atoms with Crippen molar-refractivity contribution in [2.75, 3.05) is 59.5 Å². The molecule has 4 heterocycles. The molecule has 0 atom stereocenters. The Morgan fingerprint density at radius 1 is 0.854 bits per heavy atom. The van der Waals surface area contributed by atoms with E-state index in [0.29, 0.717) is 30.9 Å². The van der Waals surface area contributed by atoms with Crippen molar-refractivity contribution in [2.24, 2.45) is 0 Å². The second kappa shape index (κ2) is 17.4. The van der Waals surface area contributed by atoms with Gasteiger partial charge in [0, 0.05) is 75.3 Å². The number of hydrogen-bond acceptors (Lipinski definition) is 9. The number of carboxylic acid groups (broad SMARTS) is 4. The average Bonchev–Trinajstić information content (AvgIpc) is 3.35. The number of ether oxygens (including phenoxy) is 1. The van der Waals surface area contributed by atoms with Crippen LogP contribution in [-0.2, 0) is 19.2 Å². The topological polar surface area (TPSA) is 185 Å². The van der Waals surface area contributed by atoms with Gasteiger partial charge < -0.3 is 30.1 Å². The third kappa shape index (κ3) is 13.6. The van der Waals surface area contributed by atoms with Crippen LogP contribution in [0.3, 0.4) is 0 Å². The molecule has 0 amide bonds. The molecule has 41 heavy (non-hydrogen) atoms. The summed E-state index contributed by atoms with van der Waals surface area (Å²) in [7, 11) is 2.23. The highest BCUT2D eigenvalue weighted by Crippen LogP contribution is 2.17. The molecule has 0 radical (unpaired) electrons. The molecule has 0 saturated carbocycles. The summed E-state index contributed by atoms with van der Waals surface area (Å²) in [6, 6.07) is 8.84. The van der Waals surface area contributed by atoms with Crippen LogP contribution in [0.4, 0.5) is 0 Å². The van der Waals surface area contributed by atoms with E-state index in [0.717, 1.165) is 37.1 Å². The van der Waals surface area contributed by atoms with E-state index in [1.54, 1.807) is 0 Å². The van der Waals surface area contributed by atoms with Crippen LogP contribution < -0.4 is 4.74 Å². The first-order valence-corrected chi connectivity index (χ1v) is 13.0.